The first kappa shape index (κ1) is 8.79. The molecule has 0 radical (unpaired) electrons. The van der Waals surface area contributed by atoms with E-state index in [0.717, 1.165) is 18.0 Å². The van der Waals surface area contributed by atoms with Crippen molar-refractivity contribution in [3.05, 3.63) is 40.4 Å². The quantitative estimate of drug-likeness (QED) is 0.761. The largest absolute Gasteiger partial charge is 0.316 e. The average molecular weight is 194 g/mol. The lowest BCUT2D eigenvalue weighted by molar-refractivity contribution is 0.932. The van der Waals surface area contributed by atoms with Gasteiger partial charge in [-0.25, -0.2) is 0 Å². The normalized spacial score (nSPS) is 14.2. The van der Waals surface area contributed by atoms with Crippen LogP contribution in [0.15, 0.2) is 24.3 Å². The molecule has 1 N–H and O–H groups in total. The summed E-state index contributed by atoms with van der Waals surface area (Å²) < 4.78 is 0. The van der Waals surface area contributed by atoms with Crippen molar-refractivity contribution in [2.24, 2.45) is 0 Å². The van der Waals surface area contributed by atoms with Crippen molar-refractivity contribution in [3.63, 3.8) is 0 Å². The molecule has 0 aliphatic heterocycles. The molecule has 0 heterocycles. The van der Waals surface area contributed by atoms with Crippen molar-refractivity contribution >= 4 is 17.2 Å². The van der Waals surface area contributed by atoms with Gasteiger partial charge in [-0.3, -0.25) is 0 Å². The van der Waals surface area contributed by atoms with Crippen molar-refractivity contribution < 1.29 is 0 Å². The van der Waals surface area contributed by atoms with Crippen LogP contribution in [0.1, 0.15) is 11.1 Å². The Morgan fingerprint density at radius 3 is 3.08 bits per heavy atom. The standard InChI is InChI=1S/C11H12ClN/c1-13-7-8-5-6-10-9(8)3-2-4-11(10)12/h2-5,13H,6-7H2,1H3. The number of nitrogens with one attached hydrogen (secondary N) is 1. The Bertz CT molecular complexity index is 355. The van der Waals surface area contributed by atoms with E-state index in [0.29, 0.717) is 0 Å². The molecule has 68 valence electrons. The molecule has 0 aromatic heterocycles. The Balaban J connectivity index is 2.39. The molecule has 0 bridgehead atoms. The maximum Gasteiger partial charge on any atom is 0.0447 e. The monoisotopic (exact) mass is 193 g/mol. The van der Waals surface area contributed by atoms with Crippen LogP contribution in [-0.4, -0.2) is 13.6 Å². The Labute approximate surface area is 83.4 Å². The molecule has 1 nitrogen and oxygen atoms in total. The highest BCUT2D eigenvalue weighted by molar-refractivity contribution is 6.31. The van der Waals surface area contributed by atoms with Gasteiger partial charge in [0.15, 0.2) is 0 Å². The summed E-state index contributed by atoms with van der Waals surface area (Å²) in [7, 11) is 1.96. The molecule has 1 aliphatic rings. The zero-order valence-corrected chi connectivity index (χ0v) is 8.36. The van der Waals surface area contributed by atoms with Crippen LogP contribution in [0.2, 0.25) is 5.02 Å². The van der Waals surface area contributed by atoms with Gasteiger partial charge >= 0.3 is 0 Å². The molecule has 0 unspecified atom stereocenters. The number of halogens is 1. The molecule has 2 rings (SSSR count). The number of likely N-dealkylation sites (N-methyl/N-ethyl adjacent to an activating group) is 1. The molecule has 13 heavy (non-hydrogen) atoms. The molecular formula is C11H12ClN. The van der Waals surface area contributed by atoms with Gasteiger partial charge < -0.3 is 5.32 Å². The van der Waals surface area contributed by atoms with Crippen LogP contribution in [0.25, 0.3) is 5.57 Å². The number of hydrogen-bond acceptors (Lipinski definition) is 1. The third-order valence-electron chi connectivity index (χ3n) is 2.38. The van der Waals surface area contributed by atoms with Crippen LogP contribution in [0, 0.1) is 0 Å². The number of rotatable bonds is 2. The highest BCUT2D eigenvalue weighted by Crippen LogP contribution is 2.31. The van der Waals surface area contributed by atoms with E-state index >= 15 is 0 Å². The predicted molar refractivity (Wildman–Crippen MR) is 57.1 cm³/mol. The van der Waals surface area contributed by atoms with Crippen LogP contribution in [-0.2, 0) is 6.42 Å². The Kier molecular flexibility index (Phi) is 2.38. The molecule has 0 saturated carbocycles. The number of allylic oxidation sites excluding steroid dienone is 1. The Hall–Kier alpha value is -0.790. The van der Waals surface area contributed by atoms with E-state index in [4.69, 9.17) is 11.6 Å². The van der Waals surface area contributed by atoms with Crippen LogP contribution in [0.3, 0.4) is 0 Å². The maximum atomic E-state index is 6.08. The van der Waals surface area contributed by atoms with Crippen molar-refractivity contribution in [3.8, 4) is 0 Å². The fourth-order valence-corrected chi connectivity index (χ4v) is 2.01. The molecular weight excluding hydrogens is 182 g/mol. The van der Waals surface area contributed by atoms with E-state index in [1.165, 1.54) is 16.7 Å². The lowest BCUT2D eigenvalue weighted by Gasteiger charge is -2.05. The maximum absolute atomic E-state index is 6.08. The Morgan fingerprint density at radius 1 is 1.46 bits per heavy atom. The van der Waals surface area contributed by atoms with Gasteiger partial charge in [0.2, 0.25) is 0 Å². The molecule has 1 aliphatic carbocycles. The van der Waals surface area contributed by atoms with Gasteiger partial charge in [-0.1, -0.05) is 29.8 Å². The number of hydrogen-bond donors (Lipinski definition) is 1. The summed E-state index contributed by atoms with van der Waals surface area (Å²) in [6, 6.07) is 6.10. The lowest BCUT2D eigenvalue weighted by Crippen LogP contribution is -2.08. The minimum Gasteiger partial charge on any atom is -0.316 e. The first-order valence-electron chi connectivity index (χ1n) is 4.44. The third-order valence-corrected chi connectivity index (χ3v) is 2.74. The van der Waals surface area contributed by atoms with E-state index < -0.39 is 0 Å². The SMILES string of the molecule is CNCC1=CCc2c(Cl)cccc21. The first-order chi connectivity index (χ1) is 6.33. The second-order valence-electron chi connectivity index (χ2n) is 3.23. The van der Waals surface area contributed by atoms with E-state index in [-0.39, 0.29) is 0 Å². The molecule has 1 aromatic rings. The summed E-state index contributed by atoms with van der Waals surface area (Å²) in [6.07, 6.45) is 3.22. The molecule has 0 fully saturated rings. The van der Waals surface area contributed by atoms with Gasteiger partial charge in [-0.2, -0.15) is 0 Å². The minimum absolute atomic E-state index is 0.889. The first-order valence-corrected chi connectivity index (χ1v) is 4.82. The fraction of sp³-hybridized carbons (Fsp3) is 0.273. The topological polar surface area (TPSA) is 12.0 Å². The van der Waals surface area contributed by atoms with Gasteiger partial charge in [-0.15, -0.1) is 0 Å². The minimum atomic E-state index is 0.889. The average Bonchev–Trinajstić information content (AvgIpc) is 2.51. The van der Waals surface area contributed by atoms with Gasteiger partial charge in [0.05, 0.1) is 0 Å². The number of benzene rings is 1. The van der Waals surface area contributed by atoms with Gasteiger partial charge in [-0.05, 0) is 36.2 Å². The summed E-state index contributed by atoms with van der Waals surface area (Å²) in [4.78, 5) is 0. The second-order valence-corrected chi connectivity index (χ2v) is 3.64. The zero-order chi connectivity index (χ0) is 9.26. The van der Waals surface area contributed by atoms with Crippen LogP contribution in [0.5, 0.6) is 0 Å². The van der Waals surface area contributed by atoms with Gasteiger partial charge in [0.25, 0.3) is 0 Å². The molecule has 0 spiro atoms. The van der Waals surface area contributed by atoms with Gasteiger partial charge in [0, 0.05) is 11.6 Å². The summed E-state index contributed by atoms with van der Waals surface area (Å²) >= 11 is 6.08. The Morgan fingerprint density at radius 2 is 2.31 bits per heavy atom. The van der Waals surface area contributed by atoms with Crippen molar-refractivity contribution in [2.45, 2.75) is 6.42 Å². The van der Waals surface area contributed by atoms with Crippen molar-refractivity contribution in [1.82, 2.24) is 5.32 Å². The fourth-order valence-electron chi connectivity index (χ4n) is 1.76. The lowest BCUT2D eigenvalue weighted by atomic mass is 10.1. The second kappa shape index (κ2) is 3.52. The molecule has 0 saturated heterocycles. The van der Waals surface area contributed by atoms with Crippen LogP contribution in [0.4, 0.5) is 0 Å². The predicted octanol–water partition coefficient (Wildman–Crippen LogP) is 2.50. The van der Waals surface area contributed by atoms with Gasteiger partial charge in [0.1, 0.15) is 0 Å². The smallest absolute Gasteiger partial charge is 0.0447 e. The van der Waals surface area contributed by atoms with Crippen molar-refractivity contribution in [1.29, 1.82) is 0 Å². The molecule has 2 heteroatoms. The third kappa shape index (κ3) is 1.50. The van der Waals surface area contributed by atoms with E-state index in [9.17, 15) is 0 Å². The highest BCUT2D eigenvalue weighted by Gasteiger charge is 2.14. The van der Waals surface area contributed by atoms with E-state index in [1.807, 2.05) is 19.2 Å². The zero-order valence-electron chi connectivity index (χ0n) is 7.60. The molecule has 0 atom stereocenters. The van der Waals surface area contributed by atoms with Crippen molar-refractivity contribution in [2.75, 3.05) is 13.6 Å². The van der Waals surface area contributed by atoms with E-state index in [1.54, 1.807) is 0 Å². The molecule has 1 aromatic carbocycles. The molecule has 0 amide bonds. The highest BCUT2D eigenvalue weighted by atomic mass is 35.5. The van der Waals surface area contributed by atoms with E-state index in [2.05, 4.69) is 17.5 Å². The summed E-state index contributed by atoms with van der Waals surface area (Å²) in [5.74, 6) is 0. The number of fused-ring (bicyclic) bond motifs is 1. The summed E-state index contributed by atoms with van der Waals surface area (Å²) in [6.45, 7) is 0.924. The summed E-state index contributed by atoms with van der Waals surface area (Å²) in [5.41, 5.74) is 3.94. The summed E-state index contributed by atoms with van der Waals surface area (Å²) in [5, 5.41) is 4.05. The van der Waals surface area contributed by atoms with Crippen LogP contribution < -0.4 is 5.32 Å². The van der Waals surface area contributed by atoms with Crippen LogP contribution >= 0.6 is 11.6 Å².